The second-order valence-corrected chi connectivity index (χ2v) is 9.32. The highest BCUT2D eigenvalue weighted by atomic mass is 35.5. The van der Waals surface area contributed by atoms with Gasteiger partial charge in [-0.3, -0.25) is 4.79 Å². The number of carbonyl (C=O) groups is 1. The summed E-state index contributed by atoms with van der Waals surface area (Å²) in [6, 6.07) is 12.9. The highest BCUT2D eigenvalue weighted by molar-refractivity contribution is 6.33. The quantitative estimate of drug-likeness (QED) is 0.407. The van der Waals surface area contributed by atoms with E-state index in [1.807, 2.05) is 31.2 Å². The van der Waals surface area contributed by atoms with E-state index in [4.69, 9.17) is 22.9 Å². The Morgan fingerprint density at radius 2 is 1.71 bits per heavy atom. The summed E-state index contributed by atoms with van der Waals surface area (Å²) in [7, 11) is 0. The van der Waals surface area contributed by atoms with Crippen molar-refractivity contribution >= 4 is 23.1 Å². The number of aryl methyl sites for hydroxylation is 1. The van der Waals surface area contributed by atoms with E-state index in [0.29, 0.717) is 22.9 Å². The molecule has 0 aromatic heterocycles. The van der Waals surface area contributed by atoms with Gasteiger partial charge in [0.25, 0.3) is 0 Å². The molecule has 2 aromatic carbocycles. The number of ether oxygens (including phenoxy) is 1. The number of benzene rings is 2. The molecule has 0 radical (unpaired) electrons. The number of rotatable bonds is 5. The summed E-state index contributed by atoms with van der Waals surface area (Å²) in [5, 5.41) is 0.397. The Morgan fingerprint density at radius 3 is 2.25 bits per heavy atom. The monoisotopic (exact) mass is 395 g/mol. The molecule has 0 unspecified atom stereocenters. The minimum atomic E-state index is -0.158. The van der Waals surface area contributed by atoms with Crippen LogP contribution in [-0.4, -0.2) is 11.9 Å². The van der Waals surface area contributed by atoms with Crippen LogP contribution in [-0.2, 0) is 0 Å². The Labute approximate surface area is 172 Å². The van der Waals surface area contributed by atoms with Crippen molar-refractivity contribution in [2.45, 2.75) is 47.1 Å². The van der Waals surface area contributed by atoms with Crippen LogP contribution in [0.2, 0.25) is 5.02 Å². The van der Waals surface area contributed by atoms with Gasteiger partial charge in [0.15, 0.2) is 5.78 Å². The van der Waals surface area contributed by atoms with Gasteiger partial charge in [-0.15, -0.1) is 0 Å². The second kappa shape index (κ2) is 7.26. The minimum absolute atomic E-state index is 0.0503. The first-order valence-corrected chi connectivity index (χ1v) is 9.88. The van der Waals surface area contributed by atoms with E-state index in [1.54, 1.807) is 18.2 Å². The van der Waals surface area contributed by atoms with E-state index in [0.717, 1.165) is 11.1 Å². The fraction of sp³-hybridized carbons (Fsp3) is 0.417. The fourth-order valence-corrected chi connectivity index (χ4v) is 5.06. The zero-order valence-corrected chi connectivity index (χ0v) is 17.8. The maximum atomic E-state index is 12.8. The standard InChI is InChI=1S/C24H26ClNO2/c1-15-7-9-16(10-8-15)20(27)14-21-23(2,3)22(24(21,4)5)28-17-11-12-19(26-6)18(25)13-17/h7-13,21-22H,14H2,1-5H3. The Kier molecular flexibility index (Phi) is 5.30. The highest BCUT2D eigenvalue weighted by Gasteiger charge is 2.63. The zero-order chi connectivity index (χ0) is 20.7. The van der Waals surface area contributed by atoms with E-state index < -0.39 is 0 Å². The maximum absolute atomic E-state index is 12.8. The molecule has 0 amide bonds. The average molecular weight is 396 g/mol. The number of nitrogens with zero attached hydrogens (tertiary/aromatic N) is 1. The Hall–Kier alpha value is -2.31. The summed E-state index contributed by atoms with van der Waals surface area (Å²) >= 11 is 6.15. The topological polar surface area (TPSA) is 30.7 Å². The largest absolute Gasteiger partial charge is 0.489 e. The van der Waals surface area contributed by atoms with Crippen LogP contribution in [0.3, 0.4) is 0 Å². The third-order valence-electron chi connectivity index (χ3n) is 6.20. The molecule has 3 nitrogen and oxygen atoms in total. The normalized spacial score (nSPS) is 22.0. The summed E-state index contributed by atoms with van der Waals surface area (Å²) in [4.78, 5) is 16.2. The van der Waals surface area contributed by atoms with Crippen LogP contribution in [0.15, 0.2) is 42.5 Å². The Bertz CT molecular complexity index is 922. The van der Waals surface area contributed by atoms with Gasteiger partial charge in [-0.1, -0.05) is 75.2 Å². The summed E-state index contributed by atoms with van der Waals surface area (Å²) in [5.74, 6) is 1.04. The molecule has 1 aliphatic carbocycles. The summed E-state index contributed by atoms with van der Waals surface area (Å²) < 4.78 is 6.30. The van der Waals surface area contributed by atoms with Crippen LogP contribution < -0.4 is 4.74 Å². The van der Waals surface area contributed by atoms with E-state index >= 15 is 0 Å². The third-order valence-corrected chi connectivity index (χ3v) is 6.51. The molecule has 2 aromatic rings. The van der Waals surface area contributed by atoms with Crippen molar-refractivity contribution in [3.8, 4) is 5.75 Å². The lowest BCUT2D eigenvalue weighted by Crippen LogP contribution is -2.66. The Balaban J connectivity index is 1.76. The van der Waals surface area contributed by atoms with Crippen molar-refractivity contribution in [2.75, 3.05) is 0 Å². The first kappa shape index (κ1) is 20.4. The van der Waals surface area contributed by atoms with Crippen LogP contribution >= 0.6 is 11.6 Å². The van der Waals surface area contributed by atoms with E-state index in [9.17, 15) is 4.79 Å². The van der Waals surface area contributed by atoms with Crippen molar-refractivity contribution in [1.29, 1.82) is 0 Å². The molecule has 0 bridgehead atoms. The molecule has 146 valence electrons. The van der Waals surface area contributed by atoms with Crippen LogP contribution in [0.1, 0.15) is 50.0 Å². The zero-order valence-electron chi connectivity index (χ0n) is 17.0. The number of carbonyl (C=O) groups excluding carboxylic acids is 1. The van der Waals surface area contributed by atoms with Crippen LogP contribution in [0.25, 0.3) is 4.85 Å². The fourth-order valence-electron chi connectivity index (χ4n) is 4.85. The molecule has 0 spiro atoms. The van der Waals surface area contributed by atoms with Gasteiger partial charge in [0.05, 0.1) is 11.6 Å². The summed E-state index contributed by atoms with van der Waals surface area (Å²) in [6.07, 6.45) is 0.450. The van der Waals surface area contributed by atoms with Crippen LogP contribution in [0.5, 0.6) is 5.75 Å². The molecule has 3 rings (SSSR count). The van der Waals surface area contributed by atoms with Crippen molar-refractivity contribution in [3.63, 3.8) is 0 Å². The van der Waals surface area contributed by atoms with Gasteiger partial charge in [0, 0.05) is 22.8 Å². The lowest BCUT2D eigenvalue weighted by molar-refractivity contribution is -0.196. The van der Waals surface area contributed by atoms with Crippen molar-refractivity contribution in [3.05, 3.63) is 70.0 Å². The van der Waals surface area contributed by atoms with Gasteiger partial charge in [0.2, 0.25) is 5.69 Å². The first-order valence-electron chi connectivity index (χ1n) is 9.51. The molecule has 1 saturated carbocycles. The predicted molar refractivity (Wildman–Crippen MR) is 113 cm³/mol. The lowest BCUT2D eigenvalue weighted by Gasteiger charge is -2.63. The van der Waals surface area contributed by atoms with Crippen molar-refractivity contribution < 1.29 is 9.53 Å². The van der Waals surface area contributed by atoms with Crippen molar-refractivity contribution in [2.24, 2.45) is 16.7 Å². The predicted octanol–water partition coefficient (Wildman–Crippen LogP) is 6.90. The maximum Gasteiger partial charge on any atom is 0.205 e. The number of Topliss-reactive ketones (excluding diaryl/α,β-unsaturated/α-hetero) is 1. The summed E-state index contributed by atoms with van der Waals surface area (Å²) in [5.41, 5.74) is 2.02. The molecular weight excluding hydrogens is 370 g/mol. The van der Waals surface area contributed by atoms with Crippen LogP contribution in [0, 0.1) is 30.2 Å². The molecule has 1 fully saturated rings. The Morgan fingerprint density at radius 1 is 1.11 bits per heavy atom. The number of hydrogen-bond donors (Lipinski definition) is 0. The lowest BCUT2D eigenvalue weighted by atomic mass is 9.44. The van der Waals surface area contributed by atoms with Crippen LogP contribution in [0.4, 0.5) is 5.69 Å². The van der Waals surface area contributed by atoms with Gasteiger partial charge in [0.1, 0.15) is 11.9 Å². The molecule has 0 saturated heterocycles. The van der Waals surface area contributed by atoms with E-state index in [2.05, 4.69) is 32.5 Å². The van der Waals surface area contributed by atoms with Gasteiger partial charge in [-0.2, -0.15) is 0 Å². The molecule has 28 heavy (non-hydrogen) atoms. The molecule has 0 aliphatic heterocycles. The number of ketones is 1. The number of hydrogen-bond acceptors (Lipinski definition) is 2. The SMILES string of the molecule is [C-]#[N+]c1ccc(OC2C(C)(C)C(CC(=O)c3ccc(C)cc3)C2(C)C)cc1Cl. The summed E-state index contributed by atoms with van der Waals surface area (Å²) in [6.45, 7) is 17.8. The second-order valence-electron chi connectivity index (χ2n) is 8.91. The first-order chi connectivity index (χ1) is 13.1. The molecule has 0 N–H and O–H groups in total. The highest BCUT2D eigenvalue weighted by Crippen LogP contribution is 2.61. The molecule has 0 atom stereocenters. The van der Waals surface area contributed by atoms with E-state index in [-0.39, 0.29) is 28.6 Å². The minimum Gasteiger partial charge on any atom is -0.489 e. The van der Waals surface area contributed by atoms with Gasteiger partial charge in [-0.25, -0.2) is 4.85 Å². The third kappa shape index (κ3) is 3.54. The van der Waals surface area contributed by atoms with E-state index in [1.165, 1.54) is 0 Å². The van der Waals surface area contributed by atoms with Gasteiger partial charge in [-0.05, 0) is 25.0 Å². The molecule has 0 heterocycles. The van der Waals surface area contributed by atoms with Gasteiger partial charge < -0.3 is 4.74 Å². The smallest absolute Gasteiger partial charge is 0.205 e. The molecule has 4 heteroatoms. The number of halogens is 1. The molecule has 1 aliphatic rings. The van der Waals surface area contributed by atoms with Crippen molar-refractivity contribution in [1.82, 2.24) is 0 Å². The average Bonchev–Trinajstić information content (AvgIpc) is 2.64. The molecular formula is C24H26ClNO2. The van der Waals surface area contributed by atoms with Gasteiger partial charge >= 0.3 is 0 Å².